The number of nitrogens with zero attached hydrogens (tertiary/aromatic N) is 1. The van der Waals surface area contributed by atoms with Crippen LogP contribution in [0.1, 0.15) is 63.4 Å². The first-order valence-corrected chi connectivity index (χ1v) is 9.89. The van der Waals surface area contributed by atoms with Crippen molar-refractivity contribution >= 4 is 40.1 Å². The number of rotatable bonds is 6. The van der Waals surface area contributed by atoms with Gasteiger partial charge in [-0.05, 0) is 35.6 Å². The van der Waals surface area contributed by atoms with Crippen LogP contribution >= 0.6 is 11.3 Å². The van der Waals surface area contributed by atoms with Crippen molar-refractivity contribution in [1.82, 2.24) is 0 Å². The third-order valence-electron chi connectivity index (χ3n) is 4.30. The van der Waals surface area contributed by atoms with Crippen LogP contribution in [0.5, 0.6) is 0 Å². The number of Topliss-reactive ketones (excluding diaryl/α,β-unsaturated/α-hetero) is 2. The monoisotopic (exact) mass is 377 g/mol. The van der Waals surface area contributed by atoms with Gasteiger partial charge in [0.2, 0.25) is 0 Å². The number of thiophene rings is 1. The number of hydrogen-bond acceptors (Lipinski definition) is 6. The maximum atomic E-state index is 12.4. The lowest BCUT2D eigenvalue weighted by atomic mass is 9.72. The number of carbonyl (C=O) groups is 3. The summed E-state index contributed by atoms with van der Waals surface area (Å²) >= 11 is 1.34. The summed E-state index contributed by atoms with van der Waals surface area (Å²) in [5.74, 6) is -1.04. The average molecular weight is 378 g/mol. The molecular weight excluding hydrogens is 350 g/mol. The molecule has 2 rings (SSSR count). The Hall–Kier alpha value is -1.82. The lowest BCUT2D eigenvalue weighted by Gasteiger charge is -2.30. The van der Waals surface area contributed by atoms with Gasteiger partial charge in [-0.15, -0.1) is 11.3 Å². The summed E-state index contributed by atoms with van der Waals surface area (Å²) in [6.45, 7) is 10.1. The first-order chi connectivity index (χ1) is 12.1. The second kappa shape index (κ2) is 8.25. The summed E-state index contributed by atoms with van der Waals surface area (Å²) in [6, 6.07) is 0. The number of ketones is 2. The number of aliphatic imine (C=N–C) groups is 1. The van der Waals surface area contributed by atoms with Crippen molar-refractivity contribution in [1.29, 1.82) is 0 Å². The Bertz CT molecular complexity index is 710. The van der Waals surface area contributed by atoms with Crippen LogP contribution in [0, 0.1) is 17.3 Å². The molecule has 0 unspecified atom stereocenters. The van der Waals surface area contributed by atoms with E-state index < -0.39 is 11.9 Å². The summed E-state index contributed by atoms with van der Waals surface area (Å²) in [6.07, 6.45) is 2.88. The number of hydrogen-bond donors (Lipinski definition) is 0. The molecule has 0 saturated heterocycles. The molecule has 1 aromatic rings. The minimum atomic E-state index is -0.811. The molecule has 1 heterocycles. The van der Waals surface area contributed by atoms with E-state index in [1.165, 1.54) is 17.6 Å². The molecule has 1 aliphatic carbocycles. The van der Waals surface area contributed by atoms with Gasteiger partial charge in [0, 0.05) is 19.1 Å². The first kappa shape index (κ1) is 20.5. The van der Waals surface area contributed by atoms with Crippen molar-refractivity contribution in [3.63, 3.8) is 0 Å². The van der Waals surface area contributed by atoms with Crippen molar-refractivity contribution in [3.05, 3.63) is 16.5 Å². The third-order valence-corrected chi connectivity index (χ3v) is 5.23. The largest absolute Gasteiger partial charge is 0.462 e. The predicted molar refractivity (Wildman–Crippen MR) is 103 cm³/mol. The Balaban J connectivity index is 2.29. The molecule has 0 aliphatic heterocycles. The Labute approximate surface area is 158 Å². The highest BCUT2D eigenvalue weighted by molar-refractivity contribution is 7.14. The minimum absolute atomic E-state index is 0.105. The minimum Gasteiger partial charge on any atom is -0.462 e. The Morgan fingerprint density at radius 2 is 1.96 bits per heavy atom. The van der Waals surface area contributed by atoms with E-state index in [2.05, 4.69) is 18.8 Å². The standard InChI is InChI=1S/C20H27NO4S/c1-6-25-19(24)17-13(7-12(2)3)11-26-18(17)21-10-14-15(22)8-20(4,5)9-16(14)23/h10-12,14H,6-9H2,1-5H3. The zero-order valence-electron chi connectivity index (χ0n) is 16.1. The normalized spacial score (nSPS) is 18.1. The van der Waals surface area contributed by atoms with Crippen LogP contribution in [0.15, 0.2) is 10.4 Å². The van der Waals surface area contributed by atoms with Gasteiger partial charge in [-0.2, -0.15) is 0 Å². The molecule has 1 saturated carbocycles. The van der Waals surface area contributed by atoms with E-state index in [-0.39, 0.29) is 23.6 Å². The van der Waals surface area contributed by atoms with Crippen LogP contribution in [0.4, 0.5) is 5.00 Å². The Morgan fingerprint density at radius 1 is 1.35 bits per heavy atom. The molecule has 0 aromatic carbocycles. The van der Waals surface area contributed by atoms with Gasteiger partial charge in [0.1, 0.15) is 22.5 Å². The van der Waals surface area contributed by atoms with Gasteiger partial charge in [0.15, 0.2) is 0 Å². The fourth-order valence-electron chi connectivity index (χ4n) is 3.20. The van der Waals surface area contributed by atoms with Gasteiger partial charge in [0.25, 0.3) is 0 Å². The van der Waals surface area contributed by atoms with Gasteiger partial charge in [-0.3, -0.25) is 9.59 Å². The van der Waals surface area contributed by atoms with Gasteiger partial charge in [-0.1, -0.05) is 27.7 Å². The summed E-state index contributed by atoms with van der Waals surface area (Å²) < 4.78 is 5.17. The number of ether oxygens (including phenoxy) is 1. The highest BCUT2D eigenvalue weighted by atomic mass is 32.1. The molecule has 0 radical (unpaired) electrons. The number of carbonyl (C=O) groups excluding carboxylic acids is 3. The quantitative estimate of drug-likeness (QED) is 0.418. The van der Waals surface area contributed by atoms with Gasteiger partial charge < -0.3 is 4.74 Å². The molecule has 0 atom stereocenters. The Morgan fingerprint density at radius 3 is 2.50 bits per heavy atom. The maximum Gasteiger partial charge on any atom is 0.341 e. The highest BCUT2D eigenvalue weighted by Crippen LogP contribution is 2.35. The van der Waals surface area contributed by atoms with E-state index in [9.17, 15) is 14.4 Å². The molecule has 142 valence electrons. The van der Waals surface area contributed by atoms with Crippen molar-refractivity contribution < 1.29 is 19.1 Å². The van der Waals surface area contributed by atoms with E-state index in [4.69, 9.17) is 4.74 Å². The Kier molecular flexibility index (Phi) is 6.50. The van der Waals surface area contributed by atoms with Crippen molar-refractivity contribution in [2.75, 3.05) is 6.61 Å². The summed E-state index contributed by atoms with van der Waals surface area (Å²) in [4.78, 5) is 41.4. The second-order valence-electron chi connectivity index (χ2n) is 7.97. The van der Waals surface area contributed by atoms with E-state index in [0.717, 1.165) is 12.0 Å². The van der Waals surface area contributed by atoms with Crippen molar-refractivity contribution in [2.45, 2.75) is 53.9 Å². The zero-order valence-corrected chi connectivity index (χ0v) is 16.9. The van der Waals surface area contributed by atoms with Crippen LogP contribution < -0.4 is 0 Å². The van der Waals surface area contributed by atoms with Gasteiger partial charge in [0.05, 0.1) is 12.2 Å². The molecule has 0 spiro atoms. The van der Waals surface area contributed by atoms with E-state index in [1.54, 1.807) is 6.92 Å². The van der Waals surface area contributed by atoms with Crippen molar-refractivity contribution in [2.24, 2.45) is 22.2 Å². The lowest BCUT2D eigenvalue weighted by Crippen LogP contribution is -2.38. The fraction of sp³-hybridized carbons (Fsp3) is 0.600. The molecule has 1 aliphatic rings. The number of esters is 1. The zero-order chi connectivity index (χ0) is 19.5. The fourth-order valence-corrected chi connectivity index (χ4v) is 4.12. The van der Waals surface area contributed by atoms with Crippen LogP contribution in [0.3, 0.4) is 0 Å². The summed E-state index contributed by atoms with van der Waals surface area (Å²) in [7, 11) is 0. The van der Waals surface area contributed by atoms with E-state index in [0.29, 0.717) is 29.3 Å². The summed E-state index contributed by atoms with van der Waals surface area (Å²) in [5, 5.41) is 2.41. The molecule has 5 nitrogen and oxygen atoms in total. The molecule has 6 heteroatoms. The van der Waals surface area contributed by atoms with E-state index >= 15 is 0 Å². The molecule has 0 amide bonds. The molecule has 0 bridgehead atoms. The van der Waals surface area contributed by atoms with Crippen LogP contribution in [-0.2, 0) is 20.7 Å². The van der Waals surface area contributed by atoms with E-state index in [1.807, 2.05) is 19.2 Å². The second-order valence-corrected chi connectivity index (χ2v) is 8.82. The molecule has 26 heavy (non-hydrogen) atoms. The lowest BCUT2D eigenvalue weighted by molar-refractivity contribution is -0.136. The third kappa shape index (κ3) is 4.87. The molecule has 0 N–H and O–H groups in total. The maximum absolute atomic E-state index is 12.4. The topological polar surface area (TPSA) is 72.8 Å². The first-order valence-electron chi connectivity index (χ1n) is 9.01. The molecule has 1 fully saturated rings. The van der Waals surface area contributed by atoms with Crippen LogP contribution in [0.2, 0.25) is 0 Å². The van der Waals surface area contributed by atoms with Crippen LogP contribution in [0.25, 0.3) is 0 Å². The highest BCUT2D eigenvalue weighted by Gasteiger charge is 2.38. The molecular formula is C20H27NO4S. The van der Waals surface area contributed by atoms with Crippen molar-refractivity contribution in [3.8, 4) is 0 Å². The van der Waals surface area contributed by atoms with Gasteiger partial charge >= 0.3 is 5.97 Å². The predicted octanol–water partition coefficient (Wildman–Crippen LogP) is 4.40. The van der Waals surface area contributed by atoms with Crippen LogP contribution in [-0.4, -0.2) is 30.4 Å². The molecule has 1 aromatic heterocycles. The summed E-state index contributed by atoms with van der Waals surface area (Å²) in [5.41, 5.74) is 1.07. The SMILES string of the molecule is CCOC(=O)c1c(CC(C)C)csc1N=CC1C(=O)CC(C)(C)CC1=O. The smallest absolute Gasteiger partial charge is 0.341 e. The average Bonchev–Trinajstić information content (AvgIpc) is 2.87. The van der Waals surface area contributed by atoms with Gasteiger partial charge in [-0.25, -0.2) is 9.79 Å².